The van der Waals surface area contributed by atoms with Gasteiger partial charge in [-0.25, -0.2) is 0 Å². The first-order valence-electron chi connectivity index (χ1n) is 4.10. The van der Waals surface area contributed by atoms with Gasteiger partial charge in [0.1, 0.15) is 12.7 Å². The fourth-order valence-electron chi connectivity index (χ4n) is 0.793. The minimum Gasteiger partial charge on any atom is -0.464 e. The quantitative estimate of drug-likeness (QED) is 0.249. The summed E-state index contributed by atoms with van der Waals surface area (Å²) in [6, 6.07) is 0. The van der Waals surface area contributed by atoms with Crippen molar-refractivity contribution in [3.8, 4) is 0 Å². The zero-order valence-electron chi connectivity index (χ0n) is 8.30. The Kier molecular flexibility index (Phi) is 6.61. The molecule has 0 aliphatic rings. The van der Waals surface area contributed by atoms with Crippen LogP contribution in [0.5, 0.6) is 0 Å². The number of carbonyl (C=O) groups excluding carboxylic acids is 3. The highest BCUT2D eigenvalue weighted by Crippen LogP contribution is 2.02. The molecule has 0 N–H and O–H groups in total. The molecule has 84 valence electrons. The number of esters is 1. The minimum absolute atomic E-state index is 0.173. The van der Waals surface area contributed by atoms with E-state index >= 15 is 0 Å². The summed E-state index contributed by atoms with van der Waals surface area (Å²) in [4.78, 5) is 31.0. The van der Waals surface area contributed by atoms with Gasteiger partial charge >= 0.3 is 5.97 Å². The Labute approximate surface area is 86.8 Å². The number of ether oxygens (including phenoxy) is 3. The van der Waals surface area contributed by atoms with E-state index in [1.165, 1.54) is 6.92 Å². The molecule has 6 heteroatoms. The van der Waals surface area contributed by atoms with Gasteiger partial charge < -0.3 is 14.2 Å². The highest BCUT2D eigenvalue weighted by Gasteiger charge is 2.16. The van der Waals surface area contributed by atoms with Gasteiger partial charge in [0.15, 0.2) is 0 Å². The first-order valence-corrected chi connectivity index (χ1v) is 4.10. The van der Waals surface area contributed by atoms with Gasteiger partial charge in [0.05, 0.1) is 12.2 Å². The molecule has 15 heavy (non-hydrogen) atoms. The Morgan fingerprint density at radius 2 is 2.07 bits per heavy atom. The summed E-state index contributed by atoms with van der Waals surface area (Å²) < 4.78 is 13.5. The van der Waals surface area contributed by atoms with Crippen molar-refractivity contribution in [1.82, 2.24) is 0 Å². The predicted molar refractivity (Wildman–Crippen MR) is 48.5 cm³/mol. The lowest BCUT2D eigenvalue weighted by Gasteiger charge is -2.12. The third-order valence-electron chi connectivity index (χ3n) is 1.28. The van der Waals surface area contributed by atoms with Crippen LogP contribution in [0.15, 0.2) is 12.3 Å². The van der Waals surface area contributed by atoms with Gasteiger partial charge in [0.25, 0.3) is 12.9 Å². The van der Waals surface area contributed by atoms with E-state index in [0.717, 1.165) is 0 Å². The number of carbonyl (C=O) groups is 3. The Balaban J connectivity index is 4.01. The Morgan fingerprint density at radius 1 is 1.40 bits per heavy atom. The largest absolute Gasteiger partial charge is 0.464 e. The molecule has 0 aromatic rings. The summed E-state index contributed by atoms with van der Waals surface area (Å²) in [6.07, 6.45) is -1.03. The smallest absolute Gasteiger partial charge is 0.314 e. The average molecular weight is 216 g/mol. The van der Waals surface area contributed by atoms with Crippen LogP contribution >= 0.6 is 0 Å². The highest BCUT2D eigenvalue weighted by molar-refractivity contribution is 5.71. The van der Waals surface area contributed by atoms with Crippen LogP contribution in [0.25, 0.3) is 0 Å². The molecule has 6 nitrogen and oxygen atoms in total. The number of rotatable bonds is 8. The maximum absolute atomic E-state index is 11.1. The van der Waals surface area contributed by atoms with Crippen molar-refractivity contribution in [1.29, 1.82) is 0 Å². The monoisotopic (exact) mass is 216 g/mol. The van der Waals surface area contributed by atoms with E-state index < -0.39 is 12.1 Å². The van der Waals surface area contributed by atoms with E-state index in [4.69, 9.17) is 0 Å². The van der Waals surface area contributed by atoms with E-state index in [9.17, 15) is 14.4 Å². The summed E-state index contributed by atoms with van der Waals surface area (Å²) in [7, 11) is 0. The highest BCUT2D eigenvalue weighted by atomic mass is 16.6. The maximum atomic E-state index is 11.1. The zero-order chi connectivity index (χ0) is 11.7. The van der Waals surface area contributed by atoms with E-state index in [0.29, 0.717) is 0 Å². The topological polar surface area (TPSA) is 78.9 Å². The molecule has 0 fully saturated rings. The predicted octanol–water partition coefficient (Wildman–Crippen LogP) is 0.168. The minimum atomic E-state index is -0.834. The molecule has 0 aliphatic heterocycles. The first kappa shape index (κ1) is 13.2. The molecule has 0 bridgehead atoms. The third kappa shape index (κ3) is 7.24. The SMILES string of the molecule is C=C(C)OC(=O)CC(COC=O)OC=O. The molecule has 0 saturated heterocycles. The van der Waals surface area contributed by atoms with Gasteiger partial charge in [-0.05, 0) is 6.92 Å². The van der Waals surface area contributed by atoms with Gasteiger partial charge in [-0.1, -0.05) is 6.58 Å². The Hall–Kier alpha value is -1.85. The van der Waals surface area contributed by atoms with Crippen molar-refractivity contribution in [2.24, 2.45) is 0 Å². The molecule has 0 amide bonds. The van der Waals surface area contributed by atoms with E-state index in [1.807, 2.05) is 0 Å². The fourth-order valence-corrected chi connectivity index (χ4v) is 0.793. The van der Waals surface area contributed by atoms with Crippen molar-refractivity contribution in [3.63, 3.8) is 0 Å². The summed E-state index contributed by atoms with van der Waals surface area (Å²) in [6.45, 7) is 5.07. The van der Waals surface area contributed by atoms with Gasteiger partial charge in [-0.2, -0.15) is 0 Å². The number of allylic oxidation sites excluding steroid dienone is 1. The van der Waals surface area contributed by atoms with Crippen molar-refractivity contribution in [2.45, 2.75) is 19.4 Å². The second-order valence-electron chi connectivity index (χ2n) is 2.66. The molecule has 0 spiro atoms. The van der Waals surface area contributed by atoms with Crippen LogP contribution < -0.4 is 0 Å². The van der Waals surface area contributed by atoms with Gasteiger partial charge in [-0.15, -0.1) is 0 Å². The second-order valence-corrected chi connectivity index (χ2v) is 2.66. The number of hydrogen-bond acceptors (Lipinski definition) is 6. The average Bonchev–Trinajstić information content (AvgIpc) is 2.13. The molecular weight excluding hydrogens is 204 g/mol. The van der Waals surface area contributed by atoms with Gasteiger partial charge in [-0.3, -0.25) is 14.4 Å². The van der Waals surface area contributed by atoms with Crippen LogP contribution in [0.2, 0.25) is 0 Å². The van der Waals surface area contributed by atoms with Crippen LogP contribution in [0, 0.1) is 0 Å². The summed E-state index contributed by atoms with van der Waals surface area (Å²) in [5.74, 6) is -0.370. The van der Waals surface area contributed by atoms with Crippen LogP contribution in [0.4, 0.5) is 0 Å². The van der Waals surface area contributed by atoms with Gasteiger partial charge in [0.2, 0.25) is 0 Å². The molecular formula is C9H12O6. The van der Waals surface area contributed by atoms with E-state index in [-0.39, 0.29) is 31.7 Å². The van der Waals surface area contributed by atoms with Crippen molar-refractivity contribution in [3.05, 3.63) is 12.3 Å². The molecule has 0 radical (unpaired) electrons. The summed E-state index contributed by atoms with van der Waals surface area (Å²) >= 11 is 0. The summed E-state index contributed by atoms with van der Waals surface area (Å²) in [5.41, 5.74) is 0. The molecule has 0 rings (SSSR count). The fraction of sp³-hybridized carbons (Fsp3) is 0.444. The third-order valence-corrected chi connectivity index (χ3v) is 1.28. The molecule has 1 atom stereocenters. The first-order chi connectivity index (χ1) is 7.10. The Morgan fingerprint density at radius 3 is 2.53 bits per heavy atom. The second kappa shape index (κ2) is 7.54. The zero-order valence-corrected chi connectivity index (χ0v) is 8.30. The Bertz CT molecular complexity index is 247. The van der Waals surface area contributed by atoms with Crippen LogP contribution in [0.1, 0.15) is 13.3 Å². The van der Waals surface area contributed by atoms with Crippen molar-refractivity contribution in [2.75, 3.05) is 6.61 Å². The van der Waals surface area contributed by atoms with E-state index in [1.54, 1.807) is 0 Å². The number of hydrogen-bond donors (Lipinski definition) is 0. The lowest BCUT2D eigenvalue weighted by atomic mass is 10.3. The normalized spacial score (nSPS) is 11.0. The standard InChI is InChI=1S/C9H12O6/c1-7(2)15-9(12)3-8(14-6-11)4-13-5-10/h5-6,8H,1,3-4H2,2H3. The van der Waals surface area contributed by atoms with E-state index in [2.05, 4.69) is 20.8 Å². The van der Waals surface area contributed by atoms with Crippen LogP contribution in [0.3, 0.4) is 0 Å². The maximum Gasteiger partial charge on any atom is 0.314 e. The van der Waals surface area contributed by atoms with Crippen LogP contribution in [-0.2, 0) is 28.6 Å². The molecule has 0 saturated carbocycles. The molecule has 0 aliphatic carbocycles. The van der Waals surface area contributed by atoms with Crippen LogP contribution in [-0.4, -0.2) is 31.6 Å². The summed E-state index contributed by atoms with van der Waals surface area (Å²) in [5, 5.41) is 0. The lowest BCUT2D eigenvalue weighted by Crippen LogP contribution is -2.23. The molecule has 0 aromatic carbocycles. The molecule has 0 heterocycles. The molecule has 1 unspecified atom stereocenters. The lowest BCUT2D eigenvalue weighted by molar-refractivity contribution is -0.150. The van der Waals surface area contributed by atoms with Gasteiger partial charge in [0, 0.05) is 0 Å². The molecule has 0 aromatic heterocycles. The van der Waals surface area contributed by atoms with Crippen molar-refractivity contribution < 1.29 is 28.6 Å². The van der Waals surface area contributed by atoms with Crippen molar-refractivity contribution >= 4 is 18.9 Å².